The minimum atomic E-state index is -0.462. The van der Waals surface area contributed by atoms with Gasteiger partial charge in [-0.15, -0.1) is 0 Å². The van der Waals surface area contributed by atoms with Crippen molar-refractivity contribution in [2.24, 2.45) is 5.92 Å². The van der Waals surface area contributed by atoms with Crippen LogP contribution in [-0.2, 0) is 6.61 Å². The Morgan fingerprint density at radius 3 is 2.37 bits per heavy atom. The predicted molar refractivity (Wildman–Crippen MR) is 114 cm³/mol. The number of carbonyl (C=O) groups excluding carboxylic acids is 1. The Balaban J connectivity index is 1.70. The van der Waals surface area contributed by atoms with E-state index in [0.29, 0.717) is 0 Å². The lowest BCUT2D eigenvalue weighted by Gasteiger charge is -2.22. The Morgan fingerprint density at radius 1 is 1.07 bits per heavy atom. The van der Waals surface area contributed by atoms with Crippen LogP contribution in [0.1, 0.15) is 41.6 Å². The molecule has 30 heavy (non-hydrogen) atoms. The van der Waals surface area contributed by atoms with Crippen molar-refractivity contribution in [2.45, 2.75) is 26.5 Å². The fourth-order valence-corrected chi connectivity index (χ4v) is 3.02. The summed E-state index contributed by atoms with van der Waals surface area (Å²) in [6.45, 7) is 4.25. The molecule has 156 valence electrons. The fourth-order valence-electron chi connectivity index (χ4n) is 3.02. The van der Waals surface area contributed by atoms with Crippen LogP contribution >= 0.6 is 0 Å². The minimum Gasteiger partial charge on any atom is -0.497 e. The third kappa shape index (κ3) is 5.29. The van der Waals surface area contributed by atoms with E-state index in [0.717, 1.165) is 22.9 Å². The van der Waals surface area contributed by atoms with Gasteiger partial charge in [0.05, 0.1) is 13.2 Å². The molecule has 0 bridgehead atoms. The van der Waals surface area contributed by atoms with E-state index < -0.39 is 11.3 Å². The Hall–Kier alpha value is -3.54. The average molecular weight is 407 g/mol. The Bertz CT molecular complexity index is 1030. The van der Waals surface area contributed by atoms with E-state index in [9.17, 15) is 9.59 Å². The summed E-state index contributed by atoms with van der Waals surface area (Å²) in [5, 5.41) is 2.94. The van der Waals surface area contributed by atoms with Gasteiger partial charge in [0.25, 0.3) is 5.91 Å². The summed E-state index contributed by atoms with van der Waals surface area (Å²) in [7, 11) is 1.60. The van der Waals surface area contributed by atoms with Crippen LogP contribution in [0.25, 0.3) is 0 Å². The summed E-state index contributed by atoms with van der Waals surface area (Å²) in [6.07, 6.45) is 1.18. The number of ether oxygens (including phenoxy) is 2. The maximum Gasteiger partial charge on any atom is 0.287 e. The molecule has 0 saturated heterocycles. The van der Waals surface area contributed by atoms with Crippen LogP contribution in [0, 0.1) is 5.92 Å². The van der Waals surface area contributed by atoms with Crippen LogP contribution in [0.2, 0.25) is 0 Å². The highest BCUT2D eigenvalue weighted by atomic mass is 16.5. The van der Waals surface area contributed by atoms with E-state index in [1.165, 1.54) is 6.26 Å². The largest absolute Gasteiger partial charge is 0.497 e. The molecule has 1 amide bonds. The van der Waals surface area contributed by atoms with E-state index >= 15 is 0 Å². The third-order valence-electron chi connectivity index (χ3n) is 4.69. The molecular formula is C24H25NO5. The minimum absolute atomic E-state index is 0.0611. The van der Waals surface area contributed by atoms with Crippen molar-refractivity contribution in [3.8, 4) is 11.5 Å². The second-order valence-electron chi connectivity index (χ2n) is 7.22. The molecule has 1 atom stereocenters. The molecule has 1 N–H and O–H groups in total. The van der Waals surface area contributed by atoms with Crippen molar-refractivity contribution >= 4 is 5.91 Å². The summed E-state index contributed by atoms with van der Waals surface area (Å²) >= 11 is 0. The first-order valence-electron chi connectivity index (χ1n) is 9.72. The highest BCUT2D eigenvalue weighted by Gasteiger charge is 2.21. The molecule has 0 spiro atoms. The summed E-state index contributed by atoms with van der Waals surface area (Å²) in [6, 6.07) is 17.9. The lowest BCUT2D eigenvalue weighted by atomic mass is 9.96. The Morgan fingerprint density at radius 2 is 1.77 bits per heavy atom. The topological polar surface area (TPSA) is 77.8 Å². The summed E-state index contributed by atoms with van der Waals surface area (Å²) in [5.41, 5.74) is 1.45. The molecule has 1 heterocycles. The molecular weight excluding hydrogens is 382 g/mol. The monoisotopic (exact) mass is 407 g/mol. The van der Waals surface area contributed by atoms with Gasteiger partial charge in [-0.2, -0.15) is 0 Å². The summed E-state index contributed by atoms with van der Waals surface area (Å²) < 4.78 is 16.1. The first kappa shape index (κ1) is 21.2. The van der Waals surface area contributed by atoms with Crippen molar-refractivity contribution in [2.75, 3.05) is 7.11 Å². The number of methoxy groups -OCH3 is 1. The van der Waals surface area contributed by atoms with Crippen LogP contribution in [0.4, 0.5) is 0 Å². The van der Waals surface area contributed by atoms with Crippen molar-refractivity contribution in [3.05, 3.63) is 94.0 Å². The highest BCUT2D eigenvalue weighted by Crippen LogP contribution is 2.24. The van der Waals surface area contributed by atoms with Gasteiger partial charge in [-0.3, -0.25) is 9.59 Å². The number of rotatable bonds is 8. The maximum atomic E-state index is 12.7. The molecule has 3 aromatic rings. The first-order valence-corrected chi connectivity index (χ1v) is 9.72. The molecule has 0 aliphatic carbocycles. The van der Waals surface area contributed by atoms with E-state index in [2.05, 4.69) is 5.32 Å². The second-order valence-corrected chi connectivity index (χ2v) is 7.22. The Labute approximate surface area is 175 Å². The van der Waals surface area contributed by atoms with E-state index in [1.807, 2.05) is 68.4 Å². The van der Waals surface area contributed by atoms with E-state index in [1.54, 1.807) is 7.11 Å². The number of nitrogens with one attached hydrogen (secondary N) is 1. The van der Waals surface area contributed by atoms with Crippen LogP contribution in [-0.4, -0.2) is 13.0 Å². The number of benzene rings is 2. The van der Waals surface area contributed by atoms with Crippen LogP contribution in [0.5, 0.6) is 11.5 Å². The van der Waals surface area contributed by atoms with E-state index in [4.69, 9.17) is 13.9 Å². The van der Waals surface area contributed by atoms with Gasteiger partial charge < -0.3 is 19.2 Å². The average Bonchev–Trinajstić information content (AvgIpc) is 2.77. The lowest BCUT2D eigenvalue weighted by Crippen LogP contribution is -2.32. The van der Waals surface area contributed by atoms with Gasteiger partial charge in [-0.1, -0.05) is 56.3 Å². The van der Waals surface area contributed by atoms with Crippen LogP contribution in [0.3, 0.4) is 0 Å². The zero-order chi connectivity index (χ0) is 21.5. The normalized spacial score (nSPS) is 11.7. The molecule has 0 radical (unpaired) electrons. The van der Waals surface area contributed by atoms with Gasteiger partial charge in [0.1, 0.15) is 18.6 Å². The molecule has 6 heteroatoms. The fraction of sp³-hybridized carbons (Fsp3) is 0.250. The third-order valence-corrected chi connectivity index (χ3v) is 4.69. The second kappa shape index (κ2) is 9.78. The number of carbonyl (C=O) groups is 1. The lowest BCUT2D eigenvalue weighted by molar-refractivity contribution is 0.0894. The van der Waals surface area contributed by atoms with Gasteiger partial charge in [-0.05, 0) is 29.2 Å². The molecule has 1 aromatic heterocycles. The smallest absolute Gasteiger partial charge is 0.287 e. The molecule has 2 aromatic carbocycles. The molecule has 0 aliphatic heterocycles. The predicted octanol–water partition coefficient (Wildman–Crippen LogP) is 4.35. The van der Waals surface area contributed by atoms with Crippen LogP contribution in [0.15, 0.2) is 76.1 Å². The van der Waals surface area contributed by atoms with Gasteiger partial charge in [0.2, 0.25) is 11.2 Å². The van der Waals surface area contributed by atoms with Crippen molar-refractivity contribution < 1.29 is 18.7 Å². The van der Waals surface area contributed by atoms with Gasteiger partial charge in [0, 0.05) is 6.07 Å². The van der Waals surface area contributed by atoms with Gasteiger partial charge >= 0.3 is 0 Å². The number of hydrogen-bond acceptors (Lipinski definition) is 5. The van der Waals surface area contributed by atoms with Crippen molar-refractivity contribution in [1.82, 2.24) is 5.32 Å². The summed E-state index contributed by atoms with van der Waals surface area (Å²) in [4.78, 5) is 25.0. The van der Waals surface area contributed by atoms with Gasteiger partial charge in [0.15, 0.2) is 5.76 Å². The molecule has 6 nitrogen and oxygen atoms in total. The molecule has 0 saturated carbocycles. The maximum absolute atomic E-state index is 12.7. The SMILES string of the molecule is COc1ccc([C@H](NC(=O)c2cc(=O)c(OCc3ccccc3)co2)C(C)C)cc1. The van der Waals surface area contributed by atoms with Crippen molar-refractivity contribution in [3.63, 3.8) is 0 Å². The van der Waals surface area contributed by atoms with Crippen molar-refractivity contribution in [1.29, 1.82) is 0 Å². The standard InChI is InChI=1S/C24H25NO5/c1-16(2)23(18-9-11-19(28-3)12-10-18)25-24(27)21-13-20(26)22(15-30-21)29-14-17-7-5-4-6-8-17/h4-13,15-16,23H,14H2,1-3H3,(H,25,27)/t23-/m1/s1. The number of amides is 1. The summed E-state index contributed by atoms with van der Waals surface area (Å²) in [5.74, 6) is 0.403. The van der Waals surface area contributed by atoms with E-state index in [-0.39, 0.29) is 30.1 Å². The quantitative estimate of drug-likeness (QED) is 0.600. The highest BCUT2D eigenvalue weighted by molar-refractivity contribution is 5.91. The van der Waals surface area contributed by atoms with Crippen LogP contribution < -0.4 is 20.2 Å². The molecule has 3 rings (SSSR count). The zero-order valence-corrected chi connectivity index (χ0v) is 17.3. The Kier molecular flexibility index (Phi) is 6.91. The zero-order valence-electron chi connectivity index (χ0n) is 17.3. The molecule has 0 fully saturated rings. The molecule has 0 unspecified atom stereocenters. The first-order chi connectivity index (χ1) is 14.5. The van der Waals surface area contributed by atoms with Gasteiger partial charge in [-0.25, -0.2) is 0 Å². The number of hydrogen-bond donors (Lipinski definition) is 1. The molecule has 0 aliphatic rings.